The summed E-state index contributed by atoms with van der Waals surface area (Å²) in [6.07, 6.45) is 1.77. The quantitative estimate of drug-likeness (QED) is 0.0753. The molecule has 0 bridgehead atoms. The van der Waals surface area contributed by atoms with Gasteiger partial charge < -0.3 is 38.6 Å². The zero-order chi connectivity index (χ0) is 41.8. The van der Waals surface area contributed by atoms with E-state index in [0.29, 0.717) is 62.9 Å². The Morgan fingerprint density at radius 2 is 1.83 bits per heavy atom. The van der Waals surface area contributed by atoms with Gasteiger partial charge in [0.25, 0.3) is 0 Å². The molecule has 0 spiro atoms. The number of aromatic nitrogens is 3. The number of alkyl carbamates (subject to hydrolysis) is 1. The van der Waals surface area contributed by atoms with E-state index in [-0.39, 0.29) is 30.8 Å². The number of rotatable bonds is 15. The van der Waals surface area contributed by atoms with Gasteiger partial charge in [-0.25, -0.2) is 31.9 Å². The molecule has 0 radical (unpaired) electrons. The highest BCUT2D eigenvalue weighted by molar-refractivity contribution is 7.93. The van der Waals surface area contributed by atoms with Crippen molar-refractivity contribution < 1.29 is 36.6 Å². The summed E-state index contributed by atoms with van der Waals surface area (Å²) >= 11 is 0. The fourth-order valence-corrected chi connectivity index (χ4v) is 9.46. The van der Waals surface area contributed by atoms with Crippen molar-refractivity contribution >= 4 is 52.4 Å². The van der Waals surface area contributed by atoms with Crippen LogP contribution >= 0.6 is 0 Å². The van der Waals surface area contributed by atoms with Gasteiger partial charge in [0, 0.05) is 59.2 Å². The lowest BCUT2D eigenvalue weighted by atomic mass is 10.1. The van der Waals surface area contributed by atoms with E-state index in [9.17, 15) is 13.2 Å². The van der Waals surface area contributed by atoms with E-state index in [1.807, 2.05) is 49.6 Å². The molecular weight excluding hydrogens is 782 g/mol. The van der Waals surface area contributed by atoms with Crippen LogP contribution in [0.3, 0.4) is 0 Å². The zero-order valence-corrected chi connectivity index (χ0v) is 36.8. The number of hydrogen-bond donors (Lipinski definition) is 1. The summed E-state index contributed by atoms with van der Waals surface area (Å²) in [5, 5.41) is 2.70. The number of morpholine rings is 1. The normalized spacial score (nSPS) is 17.2. The first kappa shape index (κ1) is 43.3. The number of anilines is 3. The lowest BCUT2D eigenvalue weighted by Crippen LogP contribution is -2.40. The van der Waals surface area contributed by atoms with Crippen molar-refractivity contribution in [3.63, 3.8) is 0 Å². The molecule has 0 saturated carbocycles. The number of nitrogens with zero attached hydrogens (tertiary/aromatic N) is 6. The molecule has 1 unspecified atom stereocenters. The molecule has 316 valence electrons. The van der Waals surface area contributed by atoms with Crippen LogP contribution in [0.1, 0.15) is 44.9 Å². The molecule has 2 saturated heterocycles. The van der Waals surface area contributed by atoms with Crippen LogP contribution in [0, 0.1) is 5.82 Å². The average Bonchev–Trinajstić information content (AvgIpc) is 3.79. The third-order valence-electron chi connectivity index (χ3n) is 10.3. The Kier molecular flexibility index (Phi) is 13.4. The Labute approximate surface area is 342 Å². The number of hydrogen-bond acceptors (Lipinski definition) is 11. The van der Waals surface area contributed by atoms with Crippen LogP contribution in [0.25, 0.3) is 22.3 Å². The summed E-state index contributed by atoms with van der Waals surface area (Å²) < 4.78 is 70.9. The molecule has 2 aliphatic heterocycles. The van der Waals surface area contributed by atoms with Gasteiger partial charge in [-0.3, -0.25) is 0 Å². The SMILES string of the molecule is COCN(c1ccc(-c2cc3c(N4CCOCC4)ncnc3n2COCC[Si](C)(C)C)c(F)c1)S(=O)(=O)C(C)c1cccc(N2CC[C@@H](NC(=O)OC(C)(C)C)C2)c1. The maximum atomic E-state index is 16.6. The number of sulfonamides is 1. The van der Waals surface area contributed by atoms with Crippen LogP contribution in [0.2, 0.25) is 25.7 Å². The largest absolute Gasteiger partial charge is 0.444 e. The number of halogens is 1. The average molecular weight is 840 g/mol. The summed E-state index contributed by atoms with van der Waals surface area (Å²) in [4.78, 5) is 25.9. The molecule has 6 rings (SSSR count). The number of benzene rings is 2. The second-order valence-electron chi connectivity index (χ2n) is 17.1. The Bertz CT molecular complexity index is 2170. The molecular formula is C41H58FN7O7SSi. The standard InChI is InChI=1S/C41H58FN7O7SSi/c1-29(30-10-9-11-32(22-30)47-15-14-31(25-47)45-40(50)56-41(2,3)4)57(51,52)49(28-53-5)33-12-13-34(36(42)23-33)37-24-35-38(46-16-18-54-19-17-46)43-26-44-39(35)48(37)27-55-20-21-58(6,7)8/h9-13,22-24,26,29,31H,14-21,25,27-28H2,1-8H3,(H,45,50)/t29?,31-/m1/s1. The van der Waals surface area contributed by atoms with E-state index in [0.717, 1.165) is 33.7 Å². The minimum Gasteiger partial charge on any atom is -0.444 e. The maximum Gasteiger partial charge on any atom is 0.407 e. The molecule has 1 amide bonds. The molecule has 2 aromatic heterocycles. The van der Waals surface area contributed by atoms with Crippen molar-refractivity contribution in [2.45, 2.75) is 83.4 Å². The second-order valence-corrected chi connectivity index (χ2v) is 24.9. The third-order valence-corrected chi connectivity index (χ3v) is 14.1. The van der Waals surface area contributed by atoms with Crippen molar-refractivity contribution in [3.05, 3.63) is 66.2 Å². The van der Waals surface area contributed by atoms with Crippen molar-refractivity contribution in [2.24, 2.45) is 0 Å². The van der Waals surface area contributed by atoms with Crippen LogP contribution in [0.4, 0.5) is 26.4 Å². The fourth-order valence-electron chi connectivity index (χ4n) is 7.17. The first-order chi connectivity index (χ1) is 27.4. The Balaban J connectivity index is 1.26. The molecule has 4 aromatic rings. The molecule has 2 aliphatic rings. The van der Waals surface area contributed by atoms with Crippen molar-refractivity contribution in [2.75, 3.05) is 73.9 Å². The van der Waals surface area contributed by atoms with Gasteiger partial charge in [0.2, 0.25) is 10.0 Å². The first-order valence-electron chi connectivity index (χ1n) is 19.8. The minimum atomic E-state index is -4.13. The highest BCUT2D eigenvalue weighted by Crippen LogP contribution is 2.37. The van der Waals surface area contributed by atoms with Crippen LogP contribution in [-0.2, 0) is 35.7 Å². The molecule has 2 aromatic carbocycles. The first-order valence-corrected chi connectivity index (χ1v) is 25.1. The highest BCUT2D eigenvalue weighted by Gasteiger charge is 2.33. The van der Waals surface area contributed by atoms with Gasteiger partial charge in [-0.15, -0.1) is 0 Å². The topological polar surface area (TPSA) is 141 Å². The minimum absolute atomic E-state index is 0.113. The monoisotopic (exact) mass is 839 g/mol. The summed E-state index contributed by atoms with van der Waals surface area (Å²) in [7, 11) is -4.09. The van der Waals surface area contributed by atoms with E-state index in [2.05, 4.69) is 44.7 Å². The summed E-state index contributed by atoms with van der Waals surface area (Å²) in [5.74, 6) is 0.129. The van der Waals surface area contributed by atoms with Crippen molar-refractivity contribution in [3.8, 4) is 11.3 Å². The molecule has 4 heterocycles. The third kappa shape index (κ3) is 10.3. The number of carbonyl (C=O) groups is 1. The lowest BCUT2D eigenvalue weighted by molar-refractivity contribution is 0.0509. The van der Waals surface area contributed by atoms with Gasteiger partial charge in [-0.05, 0) is 82.1 Å². The summed E-state index contributed by atoms with van der Waals surface area (Å²) in [5.41, 5.74) is 2.35. The predicted octanol–water partition coefficient (Wildman–Crippen LogP) is 6.99. The fraction of sp³-hybridized carbons (Fsp3) is 0.537. The molecule has 2 fully saturated rings. The number of fused-ring (bicyclic) bond motifs is 1. The number of ether oxygens (including phenoxy) is 4. The zero-order valence-electron chi connectivity index (χ0n) is 35.0. The van der Waals surface area contributed by atoms with E-state index in [4.69, 9.17) is 18.9 Å². The number of methoxy groups -OCH3 is 1. The Morgan fingerprint density at radius 1 is 1.07 bits per heavy atom. The number of carbonyl (C=O) groups excluding carboxylic acids is 1. The summed E-state index contributed by atoms with van der Waals surface area (Å²) in [6, 6.07) is 14.5. The van der Waals surface area contributed by atoms with Crippen LogP contribution in [0.15, 0.2) is 54.9 Å². The van der Waals surface area contributed by atoms with Gasteiger partial charge in [0.1, 0.15) is 47.9 Å². The molecule has 14 nitrogen and oxygen atoms in total. The van der Waals surface area contributed by atoms with Crippen LogP contribution < -0.4 is 19.4 Å². The smallest absolute Gasteiger partial charge is 0.407 e. The second kappa shape index (κ2) is 17.9. The van der Waals surface area contributed by atoms with E-state index in [1.165, 1.54) is 19.5 Å². The Hall–Kier alpha value is -4.29. The molecule has 2 atom stereocenters. The van der Waals surface area contributed by atoms with E-state index in [1.54, 1.807) is 25.1 Å². The van der Waals surface area contributed by atoms with Crippen LogP contribution in [0.5, 0.6) is 0 Å². The Morgan fingerprint density at radius 3 is 2.52 bits per heavy atom. The molecule has 1 N–H and O–H groups in total. The highest BCUT2D eigenvalue weighted by atomic mass is 32.2. The van der Waals surface area contributed by atoms with E-state index < -0.39 is 40.9 Å². The van der Waals surface area contributed by atoms with Crippen molar-refractivity contribution in [1.29, 1.82) is 0 Å². The van der Waals surface area contributed by atoms with Gasteiger partial charge in [0.15, 0.2) is 0 Å². The maximum absolute atomic E-state index is 16.6. The molecule has 0 aliphatic carbocycles. The lowest BCUT2D eigenvalue weighted by Gasteiger charge is -2.28. The van der Waals surface area contributed by atoms with Gasteiger partial charge >= 0.3 is 6.09 Å². The van der Waals surface area contributed by atoms with Gasteiger partial charge in [-0.1, -0.05) is 31.8 Å². The van der Waals surface area contributed by atoms with E-state index >= 15 is 4.39 Å². The molecule has 58 heavy (non-hydrogen) atoms. The predicted molar refractivity (Wildman–Crippen MR) is 228 cm³/mol. The number of amides is 1. The number of nitrogens with one attached hydrogen (secondary N) is 1. The molecule has 17 heteroatoms. The van der Waals surface area contributed by atoms with Gasteiger partial charge in [-0.2, -0.15) is 0 Å². The van der Waals surface area contributed by atoms with Gasteiger partial charge in [0.05, 0.1) is 36.0 Å². The van der Waals surface area contributed by atoms with Crippen molar-refractivity contribution in [1.82, 2.24) is 19.9 Å². The summed E-state index contributed by atoms with van der Waals surface area (Å²) in [6.45, 7) is 18.1. The van der Waals surface area contributed by atoms with Crippen LogP contribution in [-0.4, -0.2) is 109 Å².